The number of nitrogens with zero attached hydrogens (tertiary/aromatic N) is 1. The van der Waals surface area contributed by atoms with Crippen molar-refractivity contribution in [3.63, 3.8) is 0 Å². The number of benzene rings is 1. The van der Waals surface area contributed by atoms with E-state index in [0.29, 0.717) is 25.5 Å². The average molecular weight is 416 g/mol. The molecule has 1 aliphatic heterocycles. The number of carbonyl (C=O) groups is 3. The second-order valence-electron chi connectivity index (χ2n) is 7.62. The first-order chi connectivity index (χ1) is 13.4. The number of nitrogens with one attached hydrogen (secondary N) is 1. The summed E-state index contributed by atoms with van der Waals surface area (Å²) < 4.78 is 50.2. The Bertz CT molecular complexity index is 810. The molecule has 0 unspecified atom stereocenters. The molecule has 29 heavy (non-hydrogen) atoms. The summed E-state index contributed by atoms with van der Waals surface area (Å²) in [6, 6.07) is 0.587. The van der Waals surface area contributed by atoms with E-state index in [1.165, 1.54) is 11.8 Å². The molecule has 1 fully saturated rings. The molecule has 10 heteroatoms. The molecule has 0 spiro atoms. The zero-order valence-corrected chi connectivity index (χ0v) is 16.6. The Morgan fingerprint density at radius 1 is 1.17 bits per heavy atom. The van der Waals surface area contributed by atoms with Gasteiger partial charge in [-0.15, -0.1) is 0 Å². The molecule has 1 heterocycles. The molecule has 1 aromatic carbocycles. The molecule has 2 atom stereocenters. The van der Waals surface area contributed by atoms with Crippen molar-refractivity contribution in [2.75, 3.05) is 11.9 Å². The number of halogens is 3. The molecule has 1 saturated heterocycles. The van der Waals surface area contributed by atoms with Gasteiger partial charge in [-0.2, -0.15) is 0 Å². The lowest BCUT2D eigenvalue weighted by atomic mass is 10.2. The molecular weight excluding hydrogens is 393 g/mol. The van der Waals surface area contributed by atoms with Crippen LogP contribution in [0.5, 0.6) is 0 Å². The van der Waals surface area contributed by atoms with E-state index in [2.05, 4.69) is 0 Å². The average Bonchev–Trinajstić information content (AvgIpc) is 3.10. The van der Waals surface area contributed by atoms with Gasteiger partial charge >= 0.3 is 12.1 Å². The molecule has 160 valence electrons. The zero-order chi connectivity index (χ0) is 21.9. The molecule has 1 aliphatic rings. The van der Waals surface area contributed by atoms with Crippen LogP contribution < -0.4 is 5.32 Å². The van der Waals surface area contributed by atoms with Crippen LogP contribution in [0.25, 0.3) is 0 Å². The van der Waals surface area contributed by atoms with Crippen LogP contribution in [0.4, 0.5) is 23.7 Å². The van der Waals surface area contributed by atoms with Gasteiger partial charge in [-0.1, -0.05) is 0 Å². The highest BCUT2D eigenvalue weighted by Gasteiger charge is 2.38. The summed E-state index contributed by atoms with van der Waals surface area (Å²) in [4.78, 5) is 38.0. The monoisotopic (exact) mass is 416 g/mol. The van der Waals surface area contributed by atoms with E-state index in [9.17, 15) is 27.6 Å². The third-order valence-electron chi connectivity index (χ3n) is 4.11. The second kappa shape index (κ2) is 8.71. The van der Waals surface area contributed by atoms with E-state index in [-0.39, 0.29) is 0 Å². The van der Waals surface area contributed by atoms with E-state index < -0.39 is 58.9 Å². The summed E-state index contributed by atoms with van der Waals surface area (Å²) in [5, 5.41) is 2.04. The fraction of sp³-hybridized carbons (Fsp3) is 0.526. The van der Waals surface area contributed by atoms with Gasteiger partial charge in [0, 0.05) is 6.54 Å². The van der Waals surface area contributed by atoms with Gasteiger partial charge in [-0.25, -0.2) is 22.8 Å². The third-order valence-corrected chi connectivity index (χ3v) is 4.11. The van der Waals surface area contributed by atoms with Crippen LogP contribution in [0, 0.1) is 17.5 Å². The van der Waals surface area contributed by atoms with Crippen molar-refractivity contribution >= 4 is 23.7 Å². The number of amides is 2. The minimum atomic E-state index is -1.73. The van der Waals surface area contributed by atoms with Crippen LogP contribution in [-0.2, 0) is 19.1 Å². The van der Waals surface area contributed by atoms with Crippen LogP contribution in [0.3, 0.4) is 0 Å². The predicted molar refractivity (Wildman–Crippen MR) is 96.5 cm³/mol. The van der Waals surface area contributed by atoms with Crippen LogP contribution in [0.2, 0.25) is 0 Å². The number of ether oxygens (including phenoxy) is 2. The van der Waals surface area contributed by atoms with Crippen LogP contribution >= 0.6 is 0 Å². The SMILES string of the molecule is C[C@@H](OC(=O)[C@@H]1CCCN1C(=O)OC(C)(C)C)C(=O)Nc1ccc(F)c(F)c1F. The summed E-state index contributed by atoms with van der Waals surface area (Å²) in [7, 11) is 0. The predicted octanol–water partition coefficient (Wildman–Crippen LogP) is 3.37. The second-order valence-corrected chi connectivity index (χ2v) is 7.62. The lowest BCUT2D eigenvalue weighted by Gasteiger charge is -2.28. The van der Waals surface area contributed by atoms with E-state index in [1.54, 1.807) is 20.8 Å². The van der Waals surface area contributed by atoms with Crippen LogP contribution in [0.15, 0.2) is 12.1 Å². The Kier molecular flexibility index (Phi) is 6.76. The zero-order valence-electron chi connectivity index (χ0n) is 16.6. The van der Waals surface area contributed by atoms with Gasteiger partial charge < -0.3 is 14.8 Å². The number of carbonyl (C=O) groups excluding carboxylic acids is 3. The van der Waals surface area contributed by atoms with Gasteiger partial charge in [0.15, 0.2) is 23.6 Å². The minimum Gasteiger partial charge on any atom is -0.451 e. The molecule has 1 aromatic rings. The summed E-state index contributed by atoms with van der Waals surface area (Å²) in [6.45, 7) is 6.61. The lowest BCUT2D eigenvalue weighted by Crippen LogP contribution is -2.45. The molecule has 2 rings (SSSR count). The maximum atomic E-state index is 13.7. The Morgan fingerprint density at radius 3 is 2.45 bits per heavy atom. The van der Waals surface area contributed by atoms with Crippen molar-refractivity contribution in [1.82, 2.24) is 4.90 Å². The minimum absolute atomic E-state index is 0.301. The lowest BCUT2D eigenvalue weighted by molar-refractivity contribution is -0.157. The highest BCUT2D eigenvalue weighted by atomic mass is 19.2. The standard InChI is InChI=1S/C19H23F3N2O5/c1-10(16(25)23-12-8-7-11(20)14(21)15(12)22)28-17(26)13-6-5-9-24(13)18(27)29-19(2,3)4/h7-8,10,13H,5-6,9H2,1-4H3,(H,23,25)/t10-,13+/m1/s1. The topological polar surface area (TPSA) is 84.9 Å². The molecule has 2 amide bonds. The summed E-state index contributed by atoms with van der Waals surface area (Å²) in [6.07, 6.45) is -1.14. The van der Waals surface area contributed by atoms with Gasteiger partial charge in [-0.05, 0) is 52.7 Å². The maximum Gasteiger partial charge on any atom is 0.411 e. The fourth-order valence-corrected chi connectivity index (χ4v) is 2.71. The van der Waals surface area contributed by atoms with Gasteiger partial charge in [0.1, 0.15) is 11.6 Å². The van der Waals surface area contributed by atoms with Gasteiger partial charge in [0.25, 0.3) is 5.91 Å². The molecule has 7 nitrogen and oxygen atoms in total. The Morgan fingerprint density at radius 2 is 1.83 bits per heavy atom. The fourth-order valence-electron chi connectivity index (χ4n) is 2.71. The maximum absolute atomic E-state index is 13.7. The van der Waals surface area contributed by atoms with E-state index in [4.69, 9.17) is 9.47 Å². The summed E-state index contributed by atoms with van der Waals surface area (Å²) >= 11 is 0. The smallest absolute Gasteiger partial charge is 0.411 e. The summed E-state index contributed by atoms with van der Waals surface area (Å²) in [5.74, 6) is -6.45. The van der Waals surface area contributed by atoms with Crippen molar-refractivity contribution in [3.8, 4) is 0 Å². The van der Waals surface area contributed by atoms with Crippen molar-refractivity contribution in [3.05, 3.63) is 29.6 Å². The molecule has 0 radical (unpaired) electrons. The molecule has 0 aromatic heterocycles. The largest absolute Gasteiger partial charge is 0.451 e. The van der Waals surface area contributed by atoms with Crippen LogP contribution in [-0.4, -0.2) is 47.2 Å². The Labute approximate surface area is 166 Å². The van der Waals surface area contributed by atoms with Crippen molar-refractivity contribution in [2.45, 2.75) is 58.3 Å². The van der Waals surface area contributed by atoms with Crippen molar-refractivity contribution in [2.24, 2.45) is 0 Å². The molecule has 0 aliphatic carbocycles. The van der Waals surface area contributed by atoms with Crippen LogP contribution in [0.1, 0.15) is 40.5 Å². The number of hydrogen-bond acceptors (Lipinski definition) is 5. The molecule has 0 bridgehead atoms. The Balaban J connectivity index is 1.99. The van der Waals surface area contributed by atoms with E-state index in [0.717, 1.165) is 6.07 Å². The molecular formula is C19H23F3N2O5. The summed E-state index contributed by atoms with van der Waals surface area (Å²) in [5.41, 5.74) is -1.33. The quantitative estimate of drug-likeness (QED) is 0.601. The van der Waals surface area contributed by atoms with Gasteiger partial charge in [-0.3, -0.25) is 9.69 Å². The van der Waals surface area contributed by atoms with Crippen molar-refractivity contribution in [1.29, 1.82) is 0 Å². The Hall–Kier alpha value is -2.78. The van der Waals surface area contributed by atoms with E-state index in [1.807, 2.05) is 5.32 Å². The highest BCUT2D eigenvalue weighted by Crippen LogP contribution is 2.23. The first-order valence-electron chi connectivity index (χ1n) is 9.05. The highest BCUT2D eigenvalue weighted by molar-refractivity contribution is 5.95. The molecule has 0 saturated carbocycles. The number of anilines is 1. The van der Waals surface area contributed by atoms with Gasteiger partial charge in [0.2, 0.25) is 0 Å². The first kappa shape index (κ1) is 22.5. The molecule has 1 N–H and O–H groups in total. The third kappa shape index (κ3) is 5.61. The number of likely N-dealkylation sites (tertiary alicyclic amines) is 1. The normalized spacial score (nSPS) is 17.6. The number of rotatable bonds is 4. The first-order valence-corrected chi connectivity index (χ1v) is 9.05. The van der Waals surface area contributed by atoms with Crippen molar-refractivity contribution < 1.29 is 37.0 Å². The number of hydrogen-bond donors (Lipinski definition) is 1. The number of esters is 1. The van der Waals surface area contributed by atoms with E-state index >= 15 is 0 Å². The van der Waals surface area contributed by atoms with Gasteiger partial charge in [0.05, 0.1) is 5.69 Å².